The summed E-state index contributed by atoms with van der Waals surface area (Å²) < 4.78 is 10.3. The number of carbonyl (C=O) groups excluding carboxylic acids is 2. The van der Waals surface area contributed by atoms with Gasteiger partial charge in [-0.3, -0.25) is 9.59 Å². The Bertz CT molecular complexity index is 336. The summed E-state index contributed by atoms with van der Waals surface area (Å²) in [6.07, 6.45) is 9.40. The number of hydrogen-bond acceptors (Lipinski definition) is 4. The summed E-state index contributed by atoms with van der Waals surface area (Å²) in [5, 5.41) is 0. The first-order chi connectivity index (χ1) is 11.5. The van der Waals surface area contributed by atoms with Gasteiger partial charge in [0.15, 0.2) is 5.92 Å². The van der Waals surface area contributed by atoms with Crippen LogP contribution < -0.4 is 0 Å². The Morgan fingerprint density at radius 1 is 0.792 bits per heavy atom. The predicted molar refractivity (Wildman–Crippen MR) is 97.8 cm³/mol. The van der Waals surface area contributed by atoms with Crippen LogP contribution in [0.4, 0.5) is 0 Å². The Morgan fingerprint density at radius 3 is 1.71 bits per heavy atom. The van der Waals surface area contributed by atoms with Crippen molar-refractivity contribution < 1.29 is 19.1 Å². The molecule has 0 aromatic carbocycles. The molecule has 0 aliphatic heterocycles. The topological polar surface area (TPSA) is 52.6 Å². The highest BCUT2D eigenvalue weighted by molar-refractivity contribution is 5.94. The lowest BCUT2D eigenvalue weighted by molar-refractivity contribution is -0.163. The second kappa shape index (κ2) is 13.3. The van der Waals surface area contributed by atoms with Crippen LogP contribution in [0, 0.1) is 11.3 Å². The first kappa shape index (κ1) is 22.9. The second-order valence-electron chi connectivity index (χ2n) is 6.68. The third kappa shape index (κ3) is 8.16. The maximum Gasteiger partial charge on any atom is 0.320 e. The van der Waals surface area contributed by atoms with Crippen molar-refractivity contribution in [2.24, 2.45) is 11.3 Å². The fourth-order valence-electron chi connectivity index (χ4n) is 3.31. The van der Waals surface area contributed by atoms with E-state index in [-0.39, 0.29) is 5.41 Å². The lowest BCUT2D eigenvalue weighted by Crippen LogP contribution is -2.35. The quantitative estimate of drug-likeness (QED) is 0.245. The molecule has 0 aliphatic rings. The molecule has 1 atom stereocenters. The van der Waals surface area contributed by atoms with Crippen molar-refractivity contribution >= 4 is 11.9 Å². The van der Waals surface area contributed by atoms with E-state index in [1.54, 1.807) is 13.8 Å². The Hall–Kier alpha value is -1.06. The molecule has 0 rings (SSSR count). The van der Waals surface area contributed by atoms with Crippen molar-refractivity contribution in [1.29, 1.82) is 0 Å². The molecule has 142 valence electrons. The smallest absolute Gasteiger partial charge is 0.320 e. The van der Waals surface area contributed by atoms with E-state index in [0.29, 0.717) is 19.6 Å². The van der Waals surface area contributed by atoms with Gasteiger partial charge in [0.05, 0.1) is 13.2 Å². The van der Waals surface area contributed by atoms with Gasteiger partial charge >= 0.3 is 11.9 Å². The zero-order valence-electron chi connectivity index (χ0n) is 16.5. The summed E-state index contributed by atoms with van der Waals surface area (Å²) in [6.45, 7) is 10.7. The molecule has 0 heterocycles. The van der Waals surface area contributed by atoms with Gasteiger partial charge in [-0.1, -0.05) is 59.3 Å². The van der Waals surface area contributed by atoms with Crippen LogP contribution in [-0.2, 0) is 19.1 Å². The standard InChI is InChI=1S/C20H38O4/c1-6-11-13-15-20(8-3,14-12-7-2)16-17(18(21)23-9-4)19(22)24-10-5/h17H,6-16H2,1-5H3. The van der Waals surface area contributed by atoms with Crippen molar-refractivity contribution in [3.8, 4) is 0 Å². The van der Waals surface area contributed by atoms with Crippen LogP contribution in [0.1, 0.15) is 92.4 Å². The lowest BCUT2D eigenvalue weighted by atomic mass is 9.70. The summed E-state index contributed by atoms with van der Waals surface area (Å²) >= 11 is 0. The zero-order valence-corrected chi connectivity index (χ0v) is 16.5. The second-order valence-corrected chi connectivity index (χ2v) is 6.68. The summed E-state index contributed by atoms with van der Waals surface area (Å²) in [5.74, 6) is -1.65. The Morgan fingerprint density at radius 2 is 1.29 bits per heavy atom. The van der Waals surface area contributed by atoms with Gasteiger partial charge in [-0.15, -0.1) is 0 Å². The minimum absolute atomic E-state index is 0.0232. The normalized spacial score (nSPS) is 13.6. The molecular formula is C20H38O4. The number of hydrogen-bond donors (Lipinski definition) is 0. The number of unbranched alkanes of at least 4 members (excludes halogenated alkanes) is 3. The summed E-state index contributed by atoms with van der Waals surface area (Å²) in [6, 6.07) is 0. The Kier molecular flexibility index (Phi) is 12.7. The summed E-state index contributed by atoms with van der Waals surface area (Å²) in [5.41, 5.74) is 0.0232. The molecule has 1 unspecified atom stereocenters. The van der Waals surface area contributed by atoms with Crippen LogP contribution in [0.25, 0.3) is 0 Å². The fourth-order valence-corrected chi connectivity index (χ4v) is 3.31. The van der Waals surface area contributed by atoms with Crippen molar-refractivity contribution in [3.05, 3.63) is 0 Å². The van der Waals surface area contributed by atoms with Crippen LogP contribution in [0.15, 0.2) is 0 Å². The van der Waals surface area contributed by atoms with E-state index in [4.69, 9.17) is 9.47 Å². The number of rotatable bonds is 14. The monoisotopic (exact) mass is 342 g/mol. The molecule has 4 heteroatoms. The molecule has 0 saturated heterocycles. The SMILES string of the molecule is CCCCCC(CC)(CCCC)CC(C(=O)OCC)C(=O)OCC. The highest BCUT2D eigenvalue weighted by Crippen LogP contribution is 2.41. The molecule has 0 N–H and O–H groups in total. The van der Waals surface area contributed by atoms with E-state index < -0.39 is 17.9 Å². The summed E-state index contributed by atoms with van der Waals surface area (Å²) in [7, 11) is 0. The minimum Gasteiger partial charge on any atom is -0.465 e. The Labute approximate surface area is 148 Å². The molecule has 0 saturated carbocycles. The van der Waals surface area contributed by atoms with Crippen LogP contribution >= 0.6 is 0 Å². The van der Waals surface area contributed by atoms with Crippen LogP contribution in [0.5, 0.6) is 0 Å². The van der Waals surface area contributed by atoms with Gasteiger partial charge in [0.1, 0.15) is 0 Å². The molecule has 0 aromatic heterocycles. The van der Waals surface area contributed by atoms with Gasteiger partial charge in [0, 0.05) is 0 Å². The van der Waals surface area contributed by atoms with Gasteiger partial charge < -0.3 is 9.47 Å². The molecule has 0 aliphatic carbocycles. The fraction of sp³-hybridized carbons (Fsp3) is 0.900. The molecular weight excluding hydrogens is 304 g/mol. The lowest BCUT2D eigenvalue weighted by Gasteiger charge is -2.35. The van der Waals surface area contributed by atoms with E-state index >= 15 is 0 Å². The molecule has 0 radical (unpaired) electrons. The molecule has 4 nitrogen and oxygen atoms in total. The largest absolute Gasteiger partial charge is 0.465 e. The van der Waals surface area contributed by atoms with E-state index in [1.165, 1.54) is 12.8 Å². The van der Waals surface area contributed by atoms with Crippen LogP contribution in [-0.4, -0.2) is 25.2 Å². The van der Waals surface area contributed by atoms with Crippen LogP contribution in [0.2, 0.25) is 0 Å². The highest BCUT2D eigenvalue weighted by atomic mass is 16.6. The third-order valence-corrected chi connectivity index (χ3v) is 4.90. The average molecular weight is 343 g/mol. The highest BCUT2D eigenvalue weighted by Gasteiger charge is 2.38. The summed E-state index contributed by atoms with van der Waals surface area (Å²) in [4.78, 5) is 24.7. The van der Waals surface area contributed by atoms with E-state index in [9.17, 15) is 9.59 Å². The van der Waals surface area contributed by atoms with Crippen molar-refractivity contribution in [1.82, 2.24) is 0 Å². The Balaban J connectivity index is 5.27. The average Bonchev–Trinajstić information content (AvgIpc) is 2.57. The maximum absolute atomic E-state index is 12.3. The number of ether oxygens (including phenoxy) is 2. The predicted octanol–water partition coefficient (Wildman–Crippen LogP) is 5.29. The van der Waals surface area contributed by atoms with E-state index in [1.807, 2.05) is 0 Å². The molecule has 0 aromatic rings. The van der Waals surface area contributed by atoms with Gasteiger partial charge in [0.25, 0.3) is 0 Å². The first-order valence-electron chi connectivity index (χ1n) is 9.83. The molecule has 24 heavy (non-hydrogen) atoms. The maximum atomic E-state index is 12.3. The molecule has 0 fully saturated rings. The molecule has 0 bridgehead atoms. The van der Waals surface area contributed by atoms with E-state index in [2.05, 4.69) is 20.8 Å². The number of carbonyl (C=O) groups is 2. The first-order valence-corrected chi connectivity index (χ1v) is 9.83. The third-order valence-electron chi connectivity index (χ3n) is 4.90. The molecule has 0 spiro atoms. The van der Waals surface area contributed by atoms with E-state index in [0.717, 1.165) is 38.5 Å². The zero-order chi connectivity index (χ0) is 18.4. The molecule has 0 amide bonds. The van der Waals surface area contributed by atoms with Gasteiger partial charge in [-0.25, -0.2) is 0 Å². The van der Waals surface area contributed by atoms with Gasteiger partial charge in [-0.2, -0.15) is 0 Å². The van der Waals surface area contributed by atoms with Crippen molar-refractivity contribution in [3.63, 3.8) is 0 Å². The van der Waals surface area contributed by atoms with Crippen molar-refractivity contribution in [2.75, 3.05) is 13.2 Å². The van der Waals surface area contributed by atoms with Crippen LogP contribution in [0.3, 0.4) is 0 Å². The minimum atomic E-state index is -0.789. The number of esters is 2. The van der Waals surface area contributed by atoms with Crippen molar-refractivity contribution in [2.45, 2.75) is 92.4 Å². The van der Waals surface area contributed by atoms with Gasteiger partial charge in [0.2, 0.25) is 0 Å². The van der Waals surface area contributed by atoms with Gasteiger partial charge in [-0.05, 0) is 38.5 Å².